The third kappa shape index (κ3) is 13.5. The zero-order valence-electron chi connectivity index (χ0n) is 21.3. The monoisotopic (exact) mass is 515 g/mol. The van der Waals surface area contributed by atoms with Crippen molar-refractivity contribution >= 4 is 35.6 Å². The van der Waals surface area contributed by atoms with Gasteiger partial charge >= 0.3 is 11.9 Å². The second-order valence-corrected chi connectivity index (χ2v) is 9.30. The Balaban J connectivity index is 5.61. The van der Waals surface area contributed by atoms with Gasteiger partial charge in [0.25, 0.3) is 0 Å². The van der Waals surface area contributed by atoms with Crippen LogP contribution in [-0.4, -0.2) is 76.5 Å². The molecule has 4 atom stereocenters. The maximum atomic E-state index is 13.1. The number of hydrogen-bond acceptors (Lipinski definition) is 7. The van der Waals surface area contributed by atoms with Crippen LogP contribution in [0.15, 0.2) is 4.99 Å². The molecule has 0 rings (SSSR count). The summed E-state index contributed by atoms with van der Waals surface area (Å²) in [5.41, 5.74) is 16.5. The fourth-order valence-corrected chi connectivity index (χ4v) is 3.12. The maximum Gasteiger partial charge on any atom is 0.326 e. The molecule has 0 aromatic rings. The van der Waals surface area contributed by atoms with E-state index >= 15 is 0 Å². The van der Waals surface area contributed by atoms with E-state index in [0.717, 1.165) is 0 Å². The topological polar surface area (TPSA) is 252 Å². The quantitative estimate of drug-likeness (QED) is 0.0630. The minimum Gasteiger partial charge on any atom is -0.481 e. The van der Waals surface area contributed by atoms with Crippen molar-refractivity contribution in [1.82, 2.24) is 16.0 Å². The first-order valence-corrected chi connectivity index (χ1v) is 11.8. The fourth-order valence-electron chi connectivity index (χ4n) is 3.12. The van der Waals surface area contributed by atoms with Crippen LogP contribution in [0, 0.1) is 11.8 Å². The minimum atomic E-state index is -1.45. The Morgan fingerprint density at radius 1 is 0.806 bits per heavy atom. The number of carboxylic acids is 2. The maximum absolute atomic E-state index is 13.1. The Kier molecular flexibility index (Phi) is 14.7. The Hall–Kier alpha value is -3.42. The number of hydrogen-bond donors (Lipinski definition) is 8. The lowest BCUT2D eigenvalue weighted by Crippen LogP contribution is -2.57. The number of carboxylic acid groups (broad SMARTS) is 2. The van der Waals surface area contributed by atoms with Gasteiger partial charge in [-0.1, -0.05) is 27.7 Å². The molecule has 0 aliphatic heterocycles. The predicted octanol–water partition coefficient (Wildman–Crippen LogP) is -1.53. The number of nitrogens with one attached hydrogen (secondary N) is 3. The molecule has 0 spiro atoms. The molecule has 0 saturated heterocycles. The molecule has 0 aliphatic rings. The van der Waals surface area contributed by atoms with E-state index in [1.807, 2.05) is 13.8 Å². The molecule has 0 saturated carbocycles. The molecule has 36 heavy (non-hydrogen) atoms. The van der Waals surface area contributed by atoms with Crippen LogP contribution >= 0.6 is 0 Å². The Bertz CT molecular complexity index is 798. The molecule has 0 aromatic heterocycles. The summed E-state index contributed by atoms with van der Waals surface area (Å²) in [4.78, 5) is 64.6. The minimum absolute atomic E-state index is 0.0624. The van der Waals surface area contributed by atoms with Gasteiger partial charge in [0.15, 0.2) is 5.96 Å². The molecule has 0 radical (unpaired) electrons. The summed E-state index contributed by atoms with van der Waals surface area (Å²) in [6.07, 6.45) is -0.132. The van der Waals surface area contributed by atoms with Gasteiger partial charge in [-0.25, -0.2) is 4.79 Å². The van der Waals surface area contributed by atoms with Crippen LogP contribution in [0.4, 0.5) is 0 Å². The molecule has 14 nitrogen and oxygen atoms in total. The highest BCUT2D eigenvalue weighted by molar-refractivity contribution is 5.94. The fraction of sp³-hybridized carbons (Fsp3) is 0.727. The van der Waals surface area contributed by atoms with Gasteiger partial charge in [0.1, 0.15) is 18.1 Å². The molecule has 11 N–H and O–H groups in total. The average molecular weight is 516 g/mol. The van der Waals surface area contributed by atoms with E-state index < -0.39 is 60.2 Å². The van der Waals surface area contributed by atoms with Crippen LogP contribution in [0.2, 0.25) is 0 Å². The molecular formula is C22H41N7O7. The van der Waals surface area contributed by atoms with Gasteiger partial charge in [0, 0.05) is 13.0 Å². The molecule has 0 aliphatic carbocycles. The SMILES string of the molecule is CC(C)CC(NC(=O)C(CCCN=C(N)N)NC(=O)C(N)C(C)C)C(=O)NC(CCC(=O)O)C(=O)O. The van der Waals surface area contributed by atoms with Crippen LogP contribution in [0.25, 0.3) is 0 Å². The van der Waals surface area contributed by atoms with E-state index in [1.54, 1.807) is 13.8 Å². The number of nitrogens with two attached hydrogens (primary N) is 3. The van der Waals surface area contributed by atoms with Crippen molar-refractivity contribution in [2.75, 3.05) is 6.54 Å². The van der Waals surface area contributed by atoms with E-state index in [9.17, 15) is 29.1 Å². The third-order valence-electron chi connectivity index (χ3n) is 5.20. The van der Waals surface area contributed by atoms with Crippen LogP contribution in [0.5, 0.6) is 0 Å². The molecule has 4 unspecified atom stereocenters. The number of nitrogens with zero attached hydrogens (tertiary/aromatic N) is 1. The molecule has 3 amide bonds. The molecule has 0 heterocycles. The summed E-state index contributed by atoms with van der Waals surface area (Å²) in [6.45, 7) is 7.33. The van der Waals surface area contributed by atoms with Gasteiger partial charge < -0.3 is 43.4 Å². The Morgan fingerprint density at radius 2 is 1.33 bits per heavy atom. The largest absolute Gasteiger partial charge is 0.481 e. The molecule has 14 heteroatoms. The smallest absolute Gasteiger partial charge is 0.326 e. The lowest BCUT2D eigenvalue weighted by atomic mass is 10.0. The first-order chi connectivity index (χ1) is 16.6. The van der Waals surface area contributed by atoms with Crippen molar-refractivity contribution in [3.63, 3.8) is 0 Å². The van der Waals surface area contributed by atoms with Crippen molar-refractivity contribution in [3.8, 4) is 0 Å². The Labute approximate surface area is 210 Å². The summed E-state index contributed by atoms with van der Waals surface area (Å²) < 4.78 is 0. The molecular weight excluding hydrogens is 474 g/mol. The third-order valence-corrected chi connectivity index (χ3v) is 5.20. The number of amides is 3. The highest BCUT2D eigenvalue weighted by atomic mass is 16.4. The Morgan fingerprint density at radius 3 is 1.81 bits per heavy atom. The molecule has 0 fully saturated rings. The summed E-state index contributed by atoms with van der Waals surface area (Å²) in [5, 5.41) is 25.6. The van der Waals surface area contributed by atoms with Crippen LogP contribution in [0.3, 0.4) is 0 Å². The van der Waals surface area contributed by atoms with Gasteiger partial charge in [-0.05, 0) is 37.5 Å². The van der Waals surface area contributed by atoms with E-state index in [2.05, 4.69) is 20.9 Å². The summed E-state index contributed by atoms with van der Waals surface area (Å²) in [5.74, 6) is -4.96. The number of aliphatic carboxylic acids is 2. The number of guanidine groups is 1. The zero-order chi connectivity index (χ0) is 28.0. The van der Waals surface area contributed by atoms with Gasteiger partial charge in [-0.2, -0.15) is 0 Å². The number of aliphatic imine (C=N–C) groups is 1. The first kappa shape index (κ1) is 32.6. The van der Waals surface area contributed by atoms with Crippen molar-refractivity contribution in [2.45, 2.75) is 84.0 Å². The second-order valence-electron chi connectivity index (χ2n) is 9.30. The van der Waals surface area contributed by atoms with Crippen LogP contribution in [-0.2, 0) is 24.0 Å². The lowest BCUT2D eigenvalue weighted by molar-refractivity contribution is -0.143. The normalized spacial score (nSPS) is 14.3. The van der Waals surface area contributed by atoms with Crippen molar-refractivity contribution in [1.29, 1.82) is 0 Å². The number of carbonyl (C=O) groups is 5. The predicted molar refractivity (Wildman–Crippen MR) is 132 cm³/mol. The standard InChI is InChI=1S/C22H41N7O7/c1-11(2)10-15(19(33)28-14(21(35)36)7-8-16(30)31)29-18(32)13(6-5-9-26-22(24)25)27-20(34)17(23)12(3)4/h11-15,17H,5-10,23H2,1-4H3,(H,27,34)(H,28,33)(H,29,32)(H,30,31)(H,35,36)(H4,24,25,26). The highest BCUT2D eigenvalue weighted by Gasteiger charge is 2.31. The van der Waals surface area contributed by atoms with E-state index in [4.69, 9.17) is 22.3 Å². The average Bonchev–Trinajstić information content (AvgIpc) is 2.76. The highest BCUT2D eigenvalue weighted by Crippen LogP contribution is 2.09. The van der Waals surface area contributed by atoms with E-state index in [1.165, 1.54) is 0 Å². The summed E-state index contributed by atoms with van der Waals surface area (Å²) in [7, 11) is 0. The van der Waals surface area contributed by atoms with E-state index in [0.29, 0.717) is 6.42 Å². The van der Waals surface area contributed by atoms with Crippen LogP contribution in [0.1, 0.15) is 59.8 Å². The number of rotatable bonds is 17. The molecule has 0 bridgehead atoms. The van der Waals surface area contributed by atoms with E-state index in [-0.39, 0.29) is 43.6 Å². The summed E-state index contributed by atoms with van der Waals surface area (Å²) >= 11 is 0. The second kappa shape index (κ2) is 16.3. The van der Waals surface area contributed by atoms with Gasteiger partial charge in [0.05, 0.1) is 6.04 Å². The lowest BCUT2D eigenvalue weighted by Gasteiger charge is -2.26. The van der Waals surface area contributed by atoms with Gasteiger partial charge in [-0.3, -0.25) is 24.2 Å². The van der Waals surface area contributed by atoms with Crippen LogP contribution < -0.4 is 33.2 Å². The summed E-state index contributed by atoms with van der Waals surface area (Å²) in [6, 6.07) is -4.49. The van der Waals surface area contributed by atoms with Gasteiger partial charge in [0.2, 0.25) is 17.7 Å². The number of carbonyl (C=O) groups excluding carboxylic acids is 3. The van der Waals surface area contributed by atoms with Gasteiger partial charge in [-0.15, -0.1) is 0 Å². The molecule has 206 valence electrons. The van der Waals surface area contributed by atoms with Crippen molar-refractivity contribution < 1.29 is 34.2 Å². The first-order valence-electron chi connectivity index (χ1n) is 11.8. The van der Waals surface area contributed by atoms with Crippen molar-refractivity contribution in [2.24, 2.45) is 34.0 Å². The zero-order valence-corrected chi connectivity index (χ0v) is 21.3. The molecule has 0 aromatic carbocycles. The van der Waals surface area contributed by atoms with Crippen molar-refractivity contribution in [3.05, 3.63) is 0 Å².